The lowest BCUT2D eigenvalue weighted by Crippen LogP contribution is -2.41. The molecule has 7 heteroatoms. The number of carbonyl (C=O) groups excluding carboxylic acids is 1. The van der Waals surface area contributed by atoms with Crippen molar-refractivity contribution in [2.75, 3.05) is 13.1 Å². The van der Waals surface area contributed by atoms with Crippen LogP contribution in [0.3, 0.4) is 0 Å². The number of pyridine rings is 1. The zero-order valence-electron chi connectivity index (χ0n) is 11.4. The molecule has 1 aliphatic rings. The van der Waals surface area contributed by atoms with Crippen LogP contribution in [0.1, 0.15) is 35.8 Å². The van der Waals surface area contributed by atoms with E-state index >= 15 is 0 Å². The van der Waals surface area contributed by atoms with E-state index in [4.69, 9.17) is 5.26 Å². The number of amides is 1. The summed E-state index contributed by atoms with van der Waals surface area (Å²) < 4.78 is 37.3. The van der Waals surface area contributed by atoms with Crippen LogP contribution in [0.2, 0.25) is 0 Å². The van der Waals surface area contributed by atoms with Gasteiger partial charge >= 0.3 is 6.18 Å². The third-order valence-electron chi connectivity index (χ3n) is 3.73. The number of carbonyl (C=O) groups is 1. The van der Waals surface area contributed by atoms with Gasteiger partial charge in [0, 0.05) is 19.3 Å². The molecule has 0 saturated carbocycles. The van der Waals surface area contributed by atoms with Crippen molar-refractivity contribution in [2.24, 2.45) is 5.41 Å². The van der Waals surface area contributed by atoms with E-state index in [0.717, 1.165) is 12.1 Å². The summed E-state index contributed by atoms with van der Waals surface area (Å²) in [7, 11) is 0. The van der Waals surface area contributed by atoms with E-state index < -0.39 is 23.1 Å². The van der Waals surface area contributed by atoms with Gasteiger partial charge in [0.2, 0.25) is 0 Å². The number of nitriles is 1. The molecule has 0 unspecified atom stereocenters. The number of rotatable bonds is 1. The Morgan fingerprint density at radius 1 is 1.38 bits per heavy atom. The SMILES string of the molecule is CC1(C#N)CCN(C(=O)c2ccc(C(F)(F)F)cn2)CC1. The maximum Gasteiger partial charge on any atom is 0.417 e. The molecule has 1 aliphatic heterocycles. The Morgan fingerprint density at radius 2 is 2.00 bits per heavy atom. The lowest BCUT2D eigenvalue weighted by Gasteiger charge is -2.34. The van der Waals surface area contributed by atoms with Gasteiger partial charge in [0.1, 0.15) is 5.69 Å². The van der Waals surface area contributed by atoms with Crippen molar-refractivity contribution in [2.45, 2.75) is 25.9 Å². The van der Waals surface area contributed by atoms with Crippen molar-refractivity contribution in [1.29, 1.82) is 5.26 Å². The zero-order valence-corrected chi connectivity index (χ0v) is 11.4. The summed E-state index contributed by atoms with van der Waals surface area (Å²) in [6.07, 6.45) is -2.70. The first-order valence-corrected chi connectivity index (χ1v) is 6.49. The second-order valence-electron chi connectivity index (χ2n) is 5.39. The summed E-state index contributed by atoms with van der Waals surface area (Å²) in [5.74, 6) is -0.399. The van der Waals surface area contributed by atoms with E-state index in [1.165, 1.54) is 4.90 Å². The first-order chi connectivity index (χ1) is 9.75. The summed E-state index contributed by atoms with van der Waals surface area (Å²) >= 11 is 0. The topological polar surface area (TPSA) is 57.0 Å². The van der Waals surface area contributed by atoms with E-state index in [9.17, 15) is 18.0 Å². The van der Waals surface area contributed by atoms with Crippen LogP contribution < -0.4 is 0 Å². The van der Waals surface area contributed by atoms with Crippen LogP contribution in [-0.4, -0.2) is 28.9 Å². The van der Waals surface area contributed by atoms with E-state index in [1.54, 1.807) is 0 Å². The first kappa shape index (κ1) is 15.3. The van der Waals surface area contributed by atoms with Crippen molar-refractivity contribution in [3.8, 4) is 6.07 Å². The van der Waals surface area contributed by atoms with E-state index in [1.807, 2.05) is 6.92 Å². The second-order valence-corrected chi connectivity index (χ2v) is 5.39. The smallest absolute Gasteiger partial charge is 0.337 e. The number of halogens is 3. The molecule has 0 bridgehead atoms. The van der Waals surface area contributed by atoms with Gasteiger partial charge in [0.15, 0.2) is 0 Å². The normalized spacial score (nSPS) is 18.1. The summed E-state index contributed by atoms with van der Waals surface area (Å²) in [5.41, 5.74) is -1.33. The Hall–Kier alpha value is -2.10. The molecule has 0 N–H and O–H groups in total. The predicted octanol–water partition coefficient (Wildman–Crippen LogP) is 2.87. The van der Waals surface area contributed by atoms with Gasteiger partial charge in [-0.3, -0.25) is 9.78 Å². The lowest BCUT2D eigenvalue weighted by atomic mass is 9.82. The quantitative estimate of drug-likeness (QED) is 0.801. The molecule has 0 spiro atoms. The van der Waals surface area contributed by atoms with Crippen LogP contribution in [0.4, 0.5) is 13.2 Å². The highest BCUT2D eigenvalue weighted by Crippen LogP contribution is 2.31. The highest BCUT2D eigenvalue weighted by molar-refractivity contribution is 5.92. The molecule has 0 aliphatic carbocycles. The maximum absolute atomic E-state index is 12.4. The number of aromatic nitrogens is 1. The monoisotopic (exact) mass is 297 g/mol. The fourth-order valence-corrected chi connectivity index (χ4v) is 2.17. The van der Waals surface area contributed by atoms with E-state index in [-0.39, 0.29) is 5.69 Å². The summed E-state index contributed by atoms with van der Waals surface area (Å²) in [6, 6.07) is 4.16. The zero-order chi connectivity index (χ0) is 15.7. The molecule has 1 saturated heterocycles. The van der Waals surface area contributed by atoms with E-state index in [2.05, 4.69) is 11.1 Å². The molecular weight excluding hydrogens is 283 g/mol. The van der Waals surface area contributed by atoms with Gasteiger partial charge in [0.05, 0.1) is 17.0 Å². The van der Waals surface area contributed by atoms with Crippen molar-refractivity contribution < 1.29 is 18.0 Å². The Bertz CT molecular complexity index is 567. The molecule has 4 nitrogen and oxygen atoms in total. The summed E-state index contributed by atoms with van der Waals surface area (Å²) in [4.78, 5) is 17.3. The van der Waals surface area contributed by atoms with E-state index in [0.29, 0.717) is 32.1 Å². The number of nitrogens with zero attached hydrogens (tertiary/aromatic N) is 3. The molecule has 1 amide bonds. The molecule has 0 radical (unpaired) electrons. The van der Waals surface area contributed by atoms with Crippen LogP contribution in [0, 0.1) is 16.7 Å². The average Bonchev–Trinajstić information content (AvgIpc) is 2.47. The van der Waals surface area contributed by atoms with Gasteiger partial charge in [-0.05, 0) is 31.9 Å². The highest BCUT2D eigenvalue weighted by Gasteiger charge is 2.33. The first-order valence-electron chi connectivity index (χ1n) is 6.49. The number of likely N-dealkylation sites (tertiary alicyclic amines) is 1. The molecule has 2 heterocycles. The minimum Gasteiger partial charge on any atom is -0.337 e. The van der Waals surface area contributed by atoms with Crippen molar-refractivity contribution in [3.63, 3.8) is 0 Å². The predicted molar refractivity (Wildman–Crippen MR) is 68.1 cm³/mol. The second kappa shape index (κ2) is 5.35. The minimum atomic E-state index is -4.46. The van der Waals surface area contributed by atoms with Gasteiger partial charge in [-0.25, -0.2) is 0 Å². The molecule has 1 aromatic rings. The minimum absolute atomic E-state index is 0.0106. The Kier molecular flexibility index (Phi) is 3.90. The molecule has 0 aromatic carbocycles. The van der Waals surface area contributed by atoms with Gasteiger partial charge in [-0.1, -0.05) is 0 Å². The molecule has 112 valence electrons. The van der Waals surface area contributed by atoms with Gasteiger partial charge in [-0.15, -0.1) is 0 Å². The van der Waals surface area contributed by atoms with Crippen LogP contribution in [0.5, 0.6) is 0 Å². The van der Waals surface area contributed by atoms with Gasteiger partial charge < -0.3 is 4.90 Å². The number of hydrogen-bond donors (Lipinski definition) is 0. The largest absolute Gasteiger partial charge is 0.417 e. The number of piperidine rings is 1. The third kappa shape index (κ3) is 3.32. The van der Waals surface area contributed by atoms with Crippen LogP contribution in [0.15, 0.2) is 18.3 Å². The third-order valence-corrected chi connectivity index (χ3v) is 3.73. The Balaban J connectivity index is 2.07. The maximum atomic E-state index is 12.4. The molecule has 1 fully saturated rings. The van der Waals surface area contributed by atoms with Gasteiger partial charge in [-0.2, -0.15) is 18.4 Å². The van der Waals surface area contributed by atoms with Crippen LogP contribution >= 0.6 is 0 Å². The fraction of sp³-hybridized carbons (Fsp3) is 0.500. The summed E-state index contributed by atoms with van der Waals surface area (Å²) in [5, 5.41) is 9.03. The van der Waals surface area contributed by atoms with Crippen molar-refractivity contribution in [3.05, 3.63) is 29.6 Å². The fourth-order valence-electron chi connectivity index (χ4n) is 2.17. The molecule has 21 heavy (non-hydrogen) atoms. The summed E-state index contributed by atoms with van der Waals surface area (Å²) in [6.45, 7) is 2.66. The molecular formula is C14H14F3N3O. The van der Waals surface area contributed by atoms with Crippen LogP contribution in [0.25, 0.3) is 0 Å². The molecule has 2 rings (SSSR count). The van der Waals surface area contributed by atoms with Crippen LogP contribution in [-0.2, 0) is 6.18 Å². The average molecular weight is 297 g/mol. The lowest BCUT2D eigenvalue weighted by molar-refractivity contribution is -0.137. The highest BCUT2D eigenvalue weighted by atomic mass is 19.4. The molecule has 0 atom stereocenters. The van der Waals surface area contributed by atoms with Crippen molar-refractivity contribution >= 4 is 5.91 Å². The van der Waals surface area contributed by atoms with Crippen molar-refractivity contribution in [1.82, 2.24) is 9.88 Å². The molecule has 1 aromatic heterocycles. The Morgan fingerprint density at radius 3 is 2.43 bits per heavy atom. The Labute approximate surface area is 120 Å². The number of hydrogen-bond acceptors (Lipinski definition) is 3. The van der Waals surface area contributed by atoms with Gasteiger partial charge in [0.25, 0.3) is 5.91 Å². The standard InChI is InChI=1S/C14H14F3N3O/c1-13(9-18)4-6-20(7-5-13)12(21)11-3-2-10(8-19-11)14(15,16)17/h2-3,8H,4-7H2,1H3. The number of alkyl halides is 3.